The second-order valence-corrected chi connectivity index (χ2v) is 6.87. The van der Waals surface area contributed by atoms with Crippen LogP contribution in [0.25, 0.3) is 0 Å². The summed E-state index contributed by atoms with van der Waals surface area (Å²) in [5.41, 5.74) is 0.0815. The fourth-order valence-electron chi connectivity index (χ4n) is 2.70. The van der Waals surface area contributed by atoms with Crippen molar-refractivity contribution in [3.63, 3.8) is 0 Å². The van der Waals surface area contributed by atoms with E-state index in [1.807, 2.05) is 24.3 Å². The topological polar surface area (TPSA) is 58.6 Å². The summed E-state index contributed by atoms with van der Waals surface area (Å²) < 4.78 is 5.58. The Balaban J connectivity index is 1.93. The Bertz CT molecular complexity index is 511. The molecule has 1 aliphatic rings. The molecule has 1 heterocycles. The molecule has 0 radical (unpaired) electrons. The molecule has 2 atom stereocenters. The van der Waals surface area contributed by atoms with Gasteiger partial charge in [-0.25, -0.2) is 0 Å². The Hall–Kier alpha value is -1.55. The van der Waals surface area contributed by atoms with E-state index in [0.717, 1.165) is 17.7 Å². The maximum Gasteiger partial charge on any atom is 0.227 e. The minimum atomic E-state index is -0.857. The second-order valence-electron chi connectivity index (χ2n) is 6.87. The van der Waals surface area contributed by atoms with Gasteiger partial charge in [0.2, 0.25) is 5.91 Å². The first-order chi connectivity index (χ1) is 10.4. The highest BCUT2D eigenvalue weighted by molar-refractivity contribution is 5.84. The number of nitrogens with one attached hydrogen (secondary N) is 1. The number of amides is 1. The van der Waals surface area contributed by atoms with Crippen molar-refractivity contribution >= 4 is 5.91 Å². The van der Waals surface area contributed by atoms with Crippen LogP contribution in [-0.2, 0) is 4.79 Å². The van der Waals surface area contributed by atoms with Gasteiger partial charge in [-0.3, -0.25) is 4.79 Å². The molecule has 0 unspecified atom stereocenters. The molecule has 1 amide bonds. The molecule has 4 heteroatoms. The Labute approximate surface area is 132 Å². The van der Waals surface area contributed by atoms with Crippen molar-refractivity contribution in [3.05, 3.63) is 29.8 Å². The summed E-state index contributed by atoms with van der Waals surface area (Å²) in [6.07, 6.45) is 2.31. The number of fused-ring (bicyclic) bond motifs is 1. The third-order valence-corrected chi connectivity index (χ3v) is 4.18. The maximum atomic E-state index is 12.5. The third-order valence-electron chi connectivity index (χ3n) is 4.18. The standard InChI is InChI=1S/C18H27NO3/c1-13(2)8-10-18(3,21)12-19-17(20)15-9-11-22-16-7-5-4-6-14(15)16/h4-7,13,15,21H,8-12H2,1-3H3,(H,19,20)/t15-,18+/m1/s1. The number of hydrogen-bond acceptors (Lipinski definition) is 3. The molecule has 0 saturated carbocycles. The van der Waals surface area contributed by atoms with Crippen molar-refractivity contribution in [3.8, 4) is 5.75 Å². The van der Waals surface area contributed by atoms with Crippen molar-refractivity contribution in [2.75, 3.05) is 13.2 Å². The van der Waals surface area contributed by atoms with Gasteiger partial charge in [-0.2, -0.15) is 0 Å². The number of para-hydroxylation sites is 1. The normalized spacial score (nSPS) is 20.0. The van der Waals surface area contributed by atoms with Crippen molar-refractivity contribution in [2.45, 2.75) is 51.6 Å². The molecule has 0 bridgehead atoms. The average Bonchev–Trinajstić information content (AvgIpc) is 2.50. The largest absolute Gasteiger partial charge is 0.493 e. The zero-order valence-electron chi connectivity index (χ0n) is 13.8. The van der Waals surface area contributed by atoms with Gasteiger partial charge in [-0.05, 0) is 38.2 Å². The van der Waals surface area contributed by atoms with Crippen LogP contribution in [0.5, 0.6) is 5.75 Å². The van der Waals surface area contributed by atoms with Crippen LogP contribution in [0.15, 0.2) is 24.3 Å². The van der Waals surface area contributed by atoms with Crippen LogP contribution in [0.2, 0.25) is 0 Å². The molecule has 2 rings (SSSR count). The van der Waals surface area contributed by atoms with Gasteiger partial charge in [0.25, 0.3) is 0 Å². The third kappa shape index (κ3) is 4.47. The van der Waals surface area contributed by atoms with Gasteiger partial charge in [-0.1, -0.05) is 32.0 Å². The Morgan fingerprint density at radius 2 is 2.18 bits per heavy atom. The second kappa shape index (κ2) is 7.14. The molecule has 4 nitrogen and oxygen atoms in total. The van der Waals surface area contributed by atoms with E-state index in [-0.39, 0.29) is 18.4 Å². The van der Waals surface area contributed by atoms with Gasteiger partial charge < -0.3 is 15.2 Å². The lowest BCUT2D eigenvalue weighted by molar-refractivity contribution is -0.124. The molecule has 0 aromatic heterocycles. The zero-order valence-corrected chi connectivity index (χ0v) is 13.8. The summed E-state index contributed by atoms with van der Waals surface area (Å²) in [4.78, 5) is 12.5. The summed E-state index contributed by atoms with van der Waals surface area (Å²) in [5.74, 6) is 1.12. The van der Waals surface area contributed by atoms with Crippen molar-refractivity contribution in [1.29, 1.82) is 0 Å². The molecule has 0 aliphatic carbocycles. The van der Waals surface area contributed by atoms with Crippen LogP contribution >= 0.6 is 0 Å². The van der Waals surface area contributed by atoms with Crippen molar-refractivity contribution in [1.82, 2.24) is 5.32 Å². The van der Waals surface area contributed by atoms with Gasteiger partial charge in [0.05, 0.1) is 18.1 Å². The summed E-state index contributed by atoms with van der Waals surface area (Å²) in [6.45, 7) is 6.89. The van der Waals surface area contributed by atoms with Crippen molar-refractivity contribution < 1.29 is 14.6 Å². The Kier molecular flexibility index (Phi) is 5.46. The van der Waals surface area contributed by atoms with Gasteiger partial charge in [0, 0.05) is 12.1 Å². The number of carbonyl (C=O) groups is 1. The van der Waals surface area contributed by atoms with Crippen molar-refractivity contribution in [2.24, 2.45) is 5.92 Å². The Morgan fingerprint density at radius 1 is 1.45 bits per heavy atom. The molecular formula is C18H27NO3. The summed E-state index contributed by atoms with van der Waals surface area (Å²) in [5, 5.41) is 13.3. The molecule has 1 aromatic carbocycles. The van der Waals surface area contributed by atoms with Gasteiger partial charge in [0.15, 0.2) is 0 Å². The van der Waals surface area contributed by atoms with Crippen LogP contribution in [0.3, 0.4) is 0 Å². The maximum absolute atomic E-state index is 12.5. The van der Waals surface area contributed by atoms with E-state index >= 15 is 0 Å². The van der Waals surface area contributed by atoms with E-state index in [0.29, 0.717) is 25.4 Å². The summed E-state index contributed by atoms with van der Waals surface area (Å²) in [7, 11) is 0. The predicted octanol–water partition coefficient (Wildman–Crippen LogP) is 2.86. The molecule has 22 heavy (non-hydrogen) atoms. The lowest BCUT2D eigenvalue weighted by atomic mass is 9.91. The van der Waals surface area contributed by atoms with E-state index in [1.54, 1.807) is 6.92 Å². The van der Waals surface area contributed by atoms with Crippen LogP contribution in [0.4, 0.5) is 0 Å². The first kappa shape index (κ1) is 16.8. The molecule has 122 valence electrons. The number of aliphatic hydroxyl groups is 1. The van der Waals surface area contributed by atoms with E-state index in [4.69, 9.17) is 4.74 Å². The molecule has 2 N–H and O–H groups in total. The Morgan fingerprint density at radius 3 is 2.91 bits per heavy atom. The van der Waals surface area contributed by atoms with Crippen LogP contribution in [0, 0.1) is 5.92 Å². The van der Waals surface area contributed by atoms with Gasteiger partial charge >= 0.3 is 0 Å². The highest BCUT2D eigenvalue weighted by Crippen LogP contribution is 2.33. The molecule has 1 aliphatic heterocycles. The molecular weight excluding hydrogens is 278 g/mol. The smallest absolute Gasteiger partial charge is 0.227 e. The number of benzene rings is 1. The monoisotopic (exact) mass is 305 g/mol. The van der Waals surface area contributed by atoms with E-state index in [1.165, 1.54) is 0 Å². The summed E-state index contributed by atoms with van der Waals surface area (Å²) in [6, 6.07) is 7.67. The first-order valence-electron chi connectivity index (χ1n) is 8.11. The number of rotatable bonds is 6. The zero-order chi connectivity index (χ0) is 16.2. The summed E-state index contributed by atoms with van der Waals surface area (Å²) >= 11 is 0. The number of carbonyl (C=O) groups excluding carboxylic acids is 1. The predicted molar refractivity (Wildman–Crippen MR) is 87.0 cm³/mol. The highest BCUT2D eigenvalue weighted by Gasteiger charge is 2.29. The van der Waals surface area contributed by atoms with E-state index in [2.05, 4.69) is 19.2 Å². The quantitative estimate of drug-likeness (QED) is 0.849. The lowest BCUT2D eigenvalue weighted by Gasteiger charge is -2.28. The lowest BCUT2D eigenvalue weighted by Crippen LogP contribution is -2.43. The highest BCUT2D eigenvalue weighted by atomic mass is 16.5. The first-order valence-corrected chi connectivity index (χ1v) is 8.11. The fourth-order valence-corrected chi connectivity index (χ4v) is 2.70. The average molecular weight is 305 g/mol. The number of hydrogen-bond donors (Lipinski definition) is 2. The van der Waals surface area contributed by atoms with Crippen LogP contribution in [0.1, 0.15) is 51.5 Å². The molecule has 0 fully saturated rings. The van der Waals surface area contributed by atoms with E-state index < -0.39 is 5.60 Å². The molecule has 1 aromatic rings. The fraction of sp³-hybridized carbons (Fsp3) is 0.611. The number of ether oxygens (including phenoxy) is 1. The molecule has 0 spiro atoms. The van der Waals surface area contributed by atoms with Gasteiger partial charge in [0.1, 0.15) is 5.75 Å². The van der Waals surface area contributed by atoms with Crippen LogP contribution < -0.4 is 10.1 Å². The van der Waals surface area contributed by atoms with E-state index in [9.17, 15) is 9.90 Å². The SMILES string of the molecule is CC(C)CC[C@](C)(O)CNC(=O)[C@@H]1CCOc2ccccc21. The minimum absolute atomic E-state index is 0.0272. The molecule has 0 saturated heterocycles. The van der Waals surface area contributed by atoms with Gasteiger partial charge in [-0.15, -0.1) is 0 Å². The minimum Gasteiger partial charge on any atom is -0.493 e. The van der Waals surface area contributed by atoms with Crippen LogP contribution in [-0.4, -0.2) is 29.8 Å².